The second kappa shape index (κ2) is 10.6. The zero-order valence-electron chi connectivity index (χ0n) is 15.2. The van der Waals surface area contributed by atoms with Gasteiger partial charge in [-0.3, -0.25) is 9.59 Å². The molecule has 0 saturated heterocycles. The molecule has 0 aliphatic rings. The van der Waals surface area contributed by atoms with Gasteiger partial charge in [0, 0.05) is 0 Å². The molecule has 0 aliphatic heterocycles. The molecule has 0 fully saturated rings. The fraction of sp³-hybridized carbons (Fsp3) is 0.889. The smallest absolute Gasteiger partial charge is 0.312 e. The normalized spacial score (nSPS) is 11.8. The summed E-state index contributed by atoms with van der Waals surface area (Å²) >= 11 is 0. The van der Waals surface area contributed by atoms with E-state index in [1.54, 1.807) is 0 Å². The minimum Gasteiger partial charge on any atom is -0.466 e. The summed E-state index contributed by atoms with van der Waals surface area (Å²) < 4.78 is 10.7. The summed E-state index contributed by atoms with van der Waals surface area (Å²) in [6, 6.07) is 0. The number of hydrogen-bond donors (Lipinski definition) is 0. The van der Waals surface area contributed by atoms with Gasteiger partial charge in [0.2, 0.25) is 0 Å². The van der Waals surface area contributed by atoms with Crippen LogP contribution in [-0.4, -0.2) is 25.2 Å². The van der Waals surface area contributed by atoms with Crippen molar-refractivity contribution in [2.45, 2.75) is 73.6 Å². The van der Waals surface area contributed by atoms with Crippen LogP contribution < -0.4 is 0 Å². The van der Waals surface area contributed by atoms with E-state index in [1.165, 1.54) is 0 Å². The van der Waals surface area contributed by atoms with Gasteiger partial charge in [0.15, 0.2) is 0 Å². The fourth-order valence-electron chi connectivity index (χ4n) is 2.14. The molecule has 0 radical (unpaired) electrons. The summed E-state index contributed by atoms with van der Waals surface area (Å²) in [4.78, 5) is 24.4. The van der Waals surface area contributed by atoms with Crippen LogP contribution in [-0.2, 0) is 19.1 Å². The minimum absolute atomic E-state index is 0.110. The molecule has 0 N–H and O–H groups in total. The Morgan fingerprint density at radius 1 is 0.864 bits per heavy atom. The number of carbonyl (C=O) groups is 2. The van der Waals surface area contributed by atoms with Crippen LogP contribution in [0, 0.1) is 17.3 Å². The number of carbonyl (C=O) groups excluding carboxylic acids is 2. The number of ether oxygens (including phenoxy) is 2. The molecule has 0 unspecified atom stereocenters. The average molecular weight is 314 g/mol. The van der Waals surface area contributed by atoms with E-state index in [2.05, 4.69) is 27.7 Å². The van der Waals surface area contributed by atoms with Gasteiger partial charge in [0.25, 0.3) is 0 Å². The minimum atomic E-state index is -0.744. The Balaban J connectivity index is 4.52. The van der Waals surface area contributed by atoms with E-state index in [1.807, 2.05) is 13.8 Å². The lowest BCUT2D eigenvalue weighted by Crippen LogP contribution is -2.35. The Morgan fingerprint density at radius 2 is 1.32 bits per heavy atom. The second-order valence-corrected chi connectivity index (χ2v) is 6.89. The molecule has 0 amide bonds. The Morgan fingerprint density at radius 3 is 1.73 bits per heavy atom. The molecule has 130 valence electrons. The summed E-state index contributed by atoms with van der Waals surface area (Å²) in [5, 5.41) is 0. The van der Waals surface area contributed by atoms with Crippen LogP contribution in [0.4, 0.5) is 0 Å². The Kier molecular flexibility index (Phi) is 10.1. The van der Waals surface area contributed by atoms with Gasteiger partial charge >= 0.3 is 11.9 Å². The summed E-state index contributed by atoms with van der Waals surface area (Å²) in [5.41, 5.74) is -0.744. The molecule has 0 rings (SSSR count). The molecule has 4 heteroatoms. The van der Waals surface area contributed by atoms with E-state index >= 15 is 0 Å². The first kappa shape index (κ1) is 20.9. The Labute approximate surface area is 135 Å². The molecular weight excluding hydrogens is 280 g/mol. The van der Waals surface area contributed by atoms with Crippen molar-refractivity contribution in [3.05, 3.63) is 0 Å². The first-order valence-electron chi connectivity index (χ1n) is 8.60. The van der Waals surface area contributed by atoms with Crippen molar-refractivity contribution in [1.82, 2.24) is 0 Å². The molecule has 0 atom stereocenters. The lowest BCUT2D eigenvalue weighted by Gasteiger charge is -2.28. The summed E-state index contributed by atoms with van der Waals surface area (Å²) in [5.74, 6) is 0.423. The van der Waals surface area contributed by atoms with Gasteiger partial charge < -0.3 is 9.47 Å². The second-order valence-electron chi connectivity index (χ2n) is 6.89. The van der Waals surface area contributed by atoms with E-state index < -0.39 is 5.41 Å². The van der Waals surface area contributed by atoms with Crippen LogP contribution in [0.1, 0.15) is 73.6 Å². The van der Waals surface area contributed by atoms with Crippen molar-refractivity contribution in [1.29, 1.82) is 0 Å². The van der Waals surface area contributed by atoms with Gasteiger partial charge in [-0.05, 0) is 37.5 Å². The lowest BCUT2D eigenvalue weighted by atomic mass is 9.79. The maximum absolute atomic E-state index is 12.4. The number of esters is 2. The summed E-state index contributed by atoms with van der Waals surface area (Å²) in [6.45, 7) is 13.0. The third-order valence-electron chi connectivity index (χ3n) is 4.16. The van der Waals surface area contributed by atoms with Crippen molar-refractivity contribution in [2.75, 3.05) is 13.2 Å². The molecule has 0 aromatic heterocycles. The molecule has 0 heterocycles. The molecule has 0 aromatic carbocycles. The maximum atomic E-state index is 12.4. The van der Waals surface area contributed by atoms with Crippen molar-refractivity contribution < 1.29 is 19.1 Å². The standard InChI is InChI=1S/C18H34O4/c1-7-18(8-2,17(20)22-12-10-15(5)6)13-16(19)21-11-9-14(3)4/h14-15H,7-13H2,1-6H3. The number of hydrogen-bond acceptors (Lipinski definition) is 4. The molecule has 0 aromatic rings. The fourth-order valence-corrected chi connectivity index (χ4v) is 2.14. The van der Waals surface area contributed by atoms with Crippen molar-refractivity contribution >= 4 is 11.9 Å². The first-order chi connectivity index (χ1) is 10.3. The van der Waals surface area contributed by atoms with E-state index in [0.29, 0.717) is 37.9 Å². The topological polar surface area (TPSA) is 52.6 Å². The molecule has 0 spiro atoms. The van der Waals surface area contributed by atoms with E-state index in [0.717, 1.165) is 12.8 Å². The molecule has 0 aliphatic carbocycles. The predicted octanol–water partition coefficient (Wildman–Crippen LogP) is 4.36. The van der Waals surface area contributed by atoms with Crippen molar-refractivity contribution in [3.63, 3.8) is 0 Å². The molecular formula is C18H34O4. The van der Waals surface area contributed by atoms with Crippen LogP contribution in [0.5, 0.6) is 0 Å². The van der Waals surface area contributed by atoms with Crippen LogP contribution in [0.25, 0.3) is 0 Å². The van der Waals surface area contributed by atoms with E-state index in [9.17, 15) is 9.59 Å². The van der Waals surface area contributed by atoms with Crippen molar-refractivity contribution in [3.8, 4) is 0 Å². The highest BCUT2D eigenvalue weighted by atomic mass is 16.5. The molecule has 22 heavy (non-hydrogen) atoms. The van der Waals surface area contributed by atoms with Gasteiger partial charge in [-0.25, -0.2) is 0 Å². The van der Waals surface area contributed by atoms with E-state index in [-0.39, 0.29) is 18.4 Å². The zero-order valence-corrected chi connectivity index (χ0v) is 15.2. The van der Waals surface area contributed by atoms with Crippen LogP contribution in [0.2, 0.25) is 0 Å². The van der Waals surface area contributed by atoms with Gasteiger partial charge in [-0.15, -0.1) is 0 Å². The van der Waals surface area contributed by atoms with Gasteiger partial charge in [0.1, 0.15) is 0 Å². The highest BCUT2D eigenvalue weighted by molar-refractivity contribution is 5.83. The average Bonchev–Trinajstić information content (AvgIpc) is 2.43. The van der Waals surface area contributed by atoms with Gasteiger partial charge in [-0.1, -0.05) is 41.5 Å². The van der Waals surface area contributed by atoms with Gasteiger partial charge in [-0.2, -0.15) is 0 Å². The van der Waals surface area contributed by atoms with E-state index in [4.69, 9.17) is 9.47 Å². The SMILES string of the molecule is CCC(CC)(CC(=O)OCCC(C)C)C(=O)OCCC(C)C. The zero-order chi connectivity index (χ0) is 17.2. The summed E-state index contributed by atoms with van der Waals surface area (Å²) in [7, 11) is 0. The lowest BCUT2D eigenvalue weighted by molar-refractivity contribution is -0.164. The number of rotatable bonds is 11. The third kappa shape index (κ3) is 7.81. The first-order valence-corrected chi connectivity index (χ1v) is 8.60. The highest BCUT2D eigenvalue weighted by Gasteiger charge is 2.39. The van der Waals surface area contributed by atoms with Crippen LogP contribution >= 0.6 is 0 Å². The molecule has 0 bridgehead atoms. The largest absolute Gasteiger partial charge is 0.466 e. The highest BCUT2D eigenvalue weighted by Crippen LogP contribution is 2.33. The molecule has 0 saturated carbocycles. The monoisotopic (exact) mass is 314 g/mol. The summed E-state index contributed by atoms with van der Waals surface area (Å²) in [6.07, 6.45) is 2.97. The van der Waals surface area contributed by atoms with Crippen molar-refractivity contribution in [2.24, 2.45) is 17.3 Å². The molecule has 4 nitrogen and oxygen atoms in total. The predicted molar refractivity (Wildman–Crippen MR) is 88.5 cm³/mol. The Hall–Kier alpha value is -1.06. The quantitative estimate of drug-likeness (QED) is 0.532. The van der Waals surface area contributed by atoms with Crippen LogP contribution in [0.3, 0.4) is 0 Å². The van der Waals surface area contributed by atoms with Gasteiger partial charge in [0.05, 0.1) is 25.0 Å². The third-order valence-corrected chi connectivity index (χ3v) is 4.16. The maximum Gasteiger partial charge on any atom is 0.312 e. The Bertz CT molecular complexity index is 330. The van der Waals surface area contributed by atoms with Crippen LogP contribution in [0.15, 0.2) is 0 Å².